The van der Waals surface area contributed by atoms with Crippen LogP contribution >= 0.6 is 12.2 Å². The monoisotopic (exact) mass is 470 g/mol. The summed E-state index contributed by atoms with van der Waals surface area (Å²) in [4.78, 5) is 15.9. The molecule has 0 aromatic heterocycles. The minimum absolute atomic E-state index is 0.0532. The van der Waals surface area contributed by atoms with Crippen molar-refractivity contribution in [3.8, 4) is 11.5 Å². The molecule has 1 saturated heterocycles. The summed E-state index contributed by atoms with van der Waals surface area (Å²) in [6, 6.07) is 13.9. The van der Waals surface area contributed by atoms with Crippen LogP contribution in [0.4, 0.5) is 5.69 Å². The van der Waals surface area contributed by atoms with Crippen LogP contribution in [0, 0.1) is 0 Å². The van der Waals surface area contributed by atoms with Crippen LogP contribution in [0.15, 0.2) is 42.5 Å². The molecule has 2 aromatic rings. The molecule has 0 bridgehead atoms. The number of amides is 1. The van der Waals surface area contributed by atoms with Crippen LogP contribution in [0.5, 0.6) is 11.5 Å². The summed E-state index contributed by atoms with van der Waals surface area (Å²) in [5.74, 6) is 1.63. The fourth-order valence-electron chi connectivity index (χ4n) is 3.98. The predicted molar refractivity (Wildman–Crippen MR) is 136 cm³/mol. The number of nitrogens with one attached hydrogen (secondary N) is 2. The van der Waals surface area contributed by atoms with Crippen molar-refractivity contribution in [3.63, 3.8) is 0 Å². The number of hydrogen-bond donors (Lipinski definition) is 2. The SMILES string of the molecule is COc1ccc(OC)c(CCNC(=S)N2CCCN(Cc3ccc(NC(C)=O)cc3)CC2)c1. The largest absolute Gasteiger partial charge is 0.497 e. The number of benzene rings is 2. The van der Waals surface area contributed by atoms with Gasteiger partial charge in [-0.2, -0.15) is 0 Å². The maximum atomic E-state index is 11.2. The molecule has 1 fully saturated rings. The van der Waals surface area contributed by atoms with Gasteiger partial charge in [-0.25, -0.2) is 0 Å². The van der Waals surface area contributed by atoms with E-state index in [0.29, 0.717) is 0 Å². The molecule has 3 rings (SSSR count). The third-order valence-electron chi connectivity index (χ3n) is 5.71. The van der Waals surface area contributed by atoms with Crippen LogP contribution in [0.1, 0.15) is 24.5 Å². The smallest absolute Gasteiger partial charge is 0.221 e. The van der Waals surface area contributed by atoms with Gasteiger partial charge in [-0.1, -0.05) is 12.1 Å². The van der Waals surface area contributed by atoms with E-state index in [-0.39, 0.29) is 5.91 Å². The number of ether oxygens (including phenoxy) is 2. The molecule has 178 valence electrons. The molecular formula is C25H34N4O3S. The van der Waals surface area contributed by atoms with E-state index in [4.69, 9.17) is 21.7 Å². The zero-order valence-corrected chi connectivity index (χ0v) is 20.5. The van der Waals surface area contributed by atoms with E-state index in [1.807, 2.05) is 30.3 Å². The summed E-state index contributed by atoms with van der Waals surface area (Å²) in [5.41, 5.74) is 3.17. The fourth-order valence-corrected chi connectivity index (χ4v) is 4.26. The molecule has 0 unspecified atom stereocenters. The Hall–Kier alpha value is -2.84. The molecule has 1 heterocycles. The van der Waals surface area contributed by atoms with Gasteiger partial charge in [0.1, 0.15) is 11.5 Å². The van der Waals surface area contributed by atoms with Crippen molar-refractivity contribution in [2.24, 2.45) is 0 Å². The molecule has 1 amide bonds. The van der Waals surface area contributed by atoms with E-state index in [1.165, 1.54) is 12.5 Å². The van der Waals surface area contributed by atoms with E-state index in [2.05, 4.69) is 32.6 Å². The van der Waals surface area contributed by atoms with Crippen LogP contribution < -0.4 is 20.1 Å². The highest BCUT2D eigenvalue weighted by Gasteiger charge is 2.17. The highest BCUT2D eigenvalue weighted by Crippen LogP contribution is 2.24. The van der Waals surface area contributed by atoms with Crippen molar-refractivity contribution >= 4 is 28.9 Å². The topological polar surface area (TPSA) is 66.1 Å². The first kappa shape index (κ1) is 24.8. The number of thiocarbonyl (C=S) groups is 1. The lowest BCUT2D eigenvalue weighted by atomic mass is 10.1. The van der Waals surface area contributed by atoms with Crippen LogP contribution in [0.3, 0.4) is 0 Å². The minimum atomic E-state index is -0.0532. The van der Waals surface area contributed by atoms with Crippen molar-refractivity contribution < 1.29 is 14.3 Å². The van der Waals surface area contributed by atoms with E-state index >= 15 is 0 Å². The minimum Gasteiger partial charge on any atom is -0.497 e. The Labute approximate surface area is 202 Å². The summed E-state index contributed by atoms with van der Waals surface area (Å²) in [6.07, 6.45) is 1.87. The zero-order chi connectivity index (χ0) is 23.6. The number of methoxy groups -OCH3 is 2. The van der Waals surface area contributed by atoms with Gasteiger partial charge in [-0.3, -0.25) is 9.69 Å². The first-order chi connectivity index (χ1) is 16.0. The average Bonchev–Trinajstić information content (AvgIpc) is 3.05. The summed E-state index contributed by atoms with van der Waals surface area (Å²) in [7, 11) is 3.35. The normalized spacial score (nSPS) is 14.3. The molecule has 0 aliphatic carbocycles. The van der Waals surface area contributed by atoms with Crippen molar-refractivity contribution in [1.82, 2.24) is 15.1 Å². The first-order valence-corrected chi connectivity index (χ1v) is 11.7. The van der Waals surface area contributed by atoms with Crippen molar-refractivity contribution in [1.29, 1.82) is 0 Å². The van der Waals surface area contributed by atoms with Gasteiger partial charge in [-0.15, -0.1) is 0 Å². The predicted octanol–water partition coefficient (Wildman–Crippen LogP) is 3.29. The maximum Gasteiger partial charge on any atom is 0.221 e. The lowest BCUT2D eigenvalue weighted by molar-refractivity contribution is -0.114. The molecule has 0 radical (unpaired) electrons. The molecule has 8 heteroatoms. The van der Waals surface area contributed by atoms with Gasteiger partial charge in [-0.05, 0) is 66.5 Å². The second-order valence-corrected chi connectivity index (χ2v) is 8.54. The summed E-state index contributed by atoms with van der Waals surface area (Å²) < 4.78 is 10.8. The first-order valence-electron chi connectivity index (χ1n) is 11.3. The molecule has 2 N–H and O–H groups in total. The lowest BCUT2D eigenvalue weighted by Gasteiger charge is -2.25. The van der Waals surface area contributed by atoms with Crippen molar-refractivity contribution in [2.45, 2.75) is 26.3 Å². The maximum absolute atomic E-state index is 11.2. The number of rotatable bonds is 8. The standard InChI is InChI=1S/C25H34N4O3S/c1-19(30)27-22-7-5-20(6-8-22)18-28-13-4-14-29(16-15-28)25(33)26-12-11-21-17-23(31-2)9-10-24(21)32-3/h5-10,17H,4,11-16,18H2,1-3H3,(H,26,33)(H,27,30). The highest BCUT2D eigenvalue weighted by atomic mass is 32.1. The average molecular weight is 471 g/mol. The Bertz CT molecular complexity index is 936. The Morgan fingerprint density at radius 1 is 1.03 bits per heavy atom. The van der Waals surface area contributed by atoms with Gasteiger partial charge >= 0.3 is 0 Å². The molecule has 2 aromatic carbocycles. The number of carbonyl (C=O) groups is 1. The molecular weight excluding hydrogens is 436 g/mol. The van der Waals surface area contributed by atoms with Gasteiger partial charge in [0.25, 0.3) is 0 Å². The lowest BCUT2D eigenvalue weighted by Crippen LogP contribution is -2.42. The van der Waals surface area contributed by atoms with E-state index in [1.54, 1.807) is 14.2 Å². The van der Waals surface area contributed by atoms with Gasteiger partial charge in [0.05, 0.1) is 14.2 Å². The Kier molecular flexibility index (Phi) is 9.33. The van der Waals surface area contributed by atoms with E-state index in [0.717, 1.165) is 80.0 Å². The summed E-state index contributed by atoms with van der Waals surface area (Å²) >= 11 is 5.68. The van der Waals surface area contributed by atoms with Crippen molar-refractivity contribution in [3.05, 3.63) is 53.6 Å². The second kappa shape index (κ2) is 12.4. The molecule has 1 aliphatic rings. The summed E-state index contributed by atoms with van der Waals surface area (Å²) in [5, 5.41) is 7.03. The van der Waals surface area contributed by atoms with Crippen LogP contribution in [0.25, 0.3) is 0 Å². The highest BCUT2D eigenvalue weighted by molar-refractivity contribution is 7.80. The summed E-state index contributed by atoms with van der Waals surface area (Å²) in [6.45, 7) is 7.00. The van der Waals surface area contributed by atoms with E-state index in [9.17, 15) is 4.79 Å². The number of anilines is 1. The molecule has 0 spiro atoms. The third kappa shape index (κ3) is 7.61. The molecule has 0 atom stereocenters. The van der Waals surface area contributed by atoms with Gasteiger partial charge < -0.3 is 25.0 Å². The number of nitrogens with zero attached hydrogens (tertiary/aromatic N) is 2. The molecule has 0 saturated carbocycles. The fraction of sp³-hybridized carbons (Fsp3) is 0.440. The van der Waals surface area contributed by atoms with E-state index < -0.39 is 0 Å². The Morgan fingerprint density at radius 2 is 1.82 bits per heavy atom. The van der Waals surface area contributed by atoms with Crippen LogP contribution in [-0.4, -0.2) is 67.8 Å². The quantitative estimate of drug-likeness (QED) is 0.574. The number of hydrogen-bond acceptors (Lipinski definition) is 5. The van der Waals surface area contributed by atoms with Gasteiger partial charge in [0.2, 0.25) is 5.91 Å². The molecule has 7 nitrogen and oxygen atoms in total. The van der Waals surface area contributed by atoms with Crippen molar-refractivity contribution in [2.75, 3.05) is 52.3 Å². The second-order valence-electron chi connectivity index (χ2n) is 8.15. The molecule has 33 heavy (non-hydrogen) atoms. The van der Waals surface area contributed by atoms with Crippen LogP contribution in [0.2, 0.25) is 0 Å². The zero-order valence-electron chi connectivity index (χ0n) is 19.7. The molecule has 1 aliphatic heterocycles. The number of carbonyl (C=O) groups excluding carboxylic acids is 1. The Balaban J connectivity index is 1.45. The van der Waals surface area contributed by atoms with Gasteiger partial charge in [0, 0.05) is 51.9 Å². The van der Waals surface area contributed by atoms with Crippen LogP contribution in [-0.2, 0) is 17.8 Å². The van der Waals surface area contributed by atoms with Gasteiger partial charge in [0.15, 0.2) is 5.11 Å². The third-order valence-corrected chi connectivity index (χ3v) is 6.12. The Morgan fingerprint density at radius 3 is 2.52 bits per heavy atom.